The van der Waals surface area contributed by atoms with Crippen molar-refractivity contribution in [2.75, 3.05) is 0 Å². The van der Waals surface area contributed by atoms with Gasteiger partial charge in [-0.1, -0.05) is 42.6 Å². The molecular formula is C22H21ClN2O3. The maximum Gasteiger partial charge on any atom is 0.316 e. The van der Waals surface area contributed by atoms with E-state index in [0.29, 0.717) is 16.4 Å². The van der Waals surface area contributed by atoms with Crippen LogP contribution in [-0.4, -0.2) is 15.4 Å². The minimum atomic E-state index is -0.646. The second kappa shape index (κ2) is 7.40. The molecule has 0 atom stereocenters. The Balaban J connectivity index is 1.59. The van der Waals surface area contributed by atoms with Crippen LogP contribution < -0.4 is 5.56 Å². The zero-order valence-corrected chi connectivity index (χ0v) is 16.4. The number of aryl methyl sites for hydroxylation is 1. The molecule has 5 nitrogen and oxygen atoms in total. The summed E-state index contributed by atoms with van der Waals surface area (Å²) >= 11 is 6.00. The van der Waals surface area contributed by atoms with Crippen LogP contribution in [0.1, 0.15) is 42.5 Å². The van der Waals surface area contributed by atoms with Crippen LogP contribution in [-0.2, 0) is 21.6 Å². The van der Waals surface area contributed by atoms with E-state index in [1.807, 2.05) is 25.1 Å². The zero-order chi connectivity index (χ0) is 19.7. The van der Waals surface area contributed by atoms with Crippen molar-refractivity contribution in [1.82, 2.24) is 9.38 Å². The molecule has 0 aliphatic heterocycles. The van der Waals surface area contributed by atoms with Crippen LogP contribution in [0.25, 0.3) is 5.65 Å². The Morgan fingerprint density at radius 1 is 1.21 bits per heavy atom. The van der Waals surface area contributed by atoms with Crippen LogP contribution in [0.5, 0.6) is 0 Å². The summed E-state index contributed by atoms with van der Waals surface area (Å²) in [6, 6.07) is 12.5. The number of pyridine rings is 1. The average Bonchev–Trinajstić information content (AvgIpc) is 3.19. The van der Waals surface area contributed by atoms with E-state index < -0.39 is 5.41 Å². The summed E-state index contributed by atoms with van der Waals surface area (Å²) in [7, 11) is 0. The number of carbonyl (C=O) groups is 1. The number of halogens is 1. The summed E-state index contributed by atoms with van der Waals surface area (Å²) in [6.45, 7) is 1.87. The second-order valence-electron chi connectivity index (χ2n) is 7.34. The normalized spacial score (nSPS) is 15.6. The van der Waals surface area contributed by atoms with Crippen molar-refractivity contribution >= 4 is 23.2 Å². The lowest BCUT2D eigenvalue weighted by molar-refractivity contribution is -0.152. The predicted molar refractivity (Wildman–Crippen MR) is 108 cm³/mol. The van der Waals surface area contributed by atoms with Crippen LogP contribution in [0.3, 0.4) is 0 Å². The number of carbonyl (C=O) groups excluding carboxylic acids is 1. The van der Waals surface area contributed by atoms with Crippen molar-refractivity contribution in [3.05, 3.63) is 80.9 Å². The number of benzene rings is 1. The number of rotatable bonds is 4. The van der Waals surface area contributed by atoms with Gasteiger partial charge in [0.2, 0.25) is 0 Å². The Morgan fingerprint density at radius 2 is 1.93 bits per heavy atom. The van der Waals surface area contributed by atoms with Gasteiger partial charge >= 0.3 is 5.97 Å². The first-order valence-corrected chi connectivity index (χ1v) is 9.79. The average molecular weight is 397 g/mol. The molecule has 0 spiro atoms. The lowest BCUT2D eigenvalue weighted by Crippen LogP contribution is -2.34. The summed E-state index contributed by atoms with van der Waals surface area (Å²) in [6.07, 6.45) is 5.14. The van der Waals surface area contributed by atoms with Gasteiger partial charge in [-0.05, 0) is 49.1 Å². The summed E-state index contributed by atoms with van der Waals surface area (Å²) in [4.78, 5) is 29.9. The number of nitrogens with zero attached hydrogens (tertiary/aromatic N) is 2. The highest BCUT2D eigenvalue weighted by molar-refractivity contribution is 6.30. The van der Waals surface area contributed by atoms with Crippen LogP contribution in [0.4, 0.5) is 0 Å². The molecule has 1 aromatic carbocycles. The topological polar surface area (TPSA) is 60.7 Å². The molecule has 3 aromatic rings. The maximum atomic E-state index is 13.1. The van der Waals surface area contributed by atoms with Gasteiger partial charge in [-0.15, -0.1) is 0 Å². The molecular weight excluding hydrogens is 376 g/mol. The first-order chi connectivity index (χ1) is 13.5. The highest BCUT2D eigenvalue weighted by Crippen LogP contribution is 2.42. The fourth-order valence-electron chi connectivity index (χ4n) is 4.02. The Bertz CT molecular complexity index is 1080. The predicted octanol–water partition coefficient (Wildman–Crippen LogP) is 4.21. The number of ether oxygens (including phenoxy) is 1. The smallest absolute Gasteiger partial charge is 0.316 e. The molecule has 0 unspecified atom stereocenters. The first kappa shape index (κ1) is 18.7. The molecule has 1 aliphatic rings. The minimum absolute atomic E-state index is 0.0196. The van der Waals surface area contributed by atoms with Crippen molar-refractivity contribution in [2.45, 2.75) is 44.6 Å². The van der Waals surface area contributed by atoms with E-state index in [-0.39, 0.29) is 18.1 Å². The maximum absolute atomic E-state index is 13.1. The molecule has 0 amide bonds. The molecule has 1 saturated carbocycles. The van der Waals surface area contributed by atoms with E-state index in [2.05, 4.69) is 4.98 Å². The Hall–Kier alpha value is -2.66. The number of fused-ring (bicyclic) bond motifs is 1. The molecule has 2 heterocycles. The van der Waals surface area contributed by atoms with Crippen LogP contribution in [0.15, 0.2) is 53.5 Å². The number of esters is 1. The van der Waals surface area contributed by atoms with E-state index in [4.69, 9.17) is 16.3 Å². The minimum Gasteiger partial charge on any atom is -0.458 e. The summed E-state index contributed by atoms with van der Waals surface area (Å²) in [5.41, 5.74) is 2.02. The molecule has 6 heteroatoms. The van der Waals surface area contributed by atoms with Gasteiger partial charge in [0.25, 0.3) is 5.56 Å². The largest absolute Gasteiger partial charge is 0.458 e. The monoisotopic (exact) mass is 396 g/mol. The van der Waals surface area contributed by atoms with E-state index >= 15 is 0 Å². The third-order valence-electron chi connectivity index (χ3n) is 5.54. The van der Waals surface area contributed by atoms with E-state index in [1.54, 1.807) is 24.4 Å². The lowest BCUT2D eigenvalue weighted by Gasteiger charge is -2.27. The summed E-state index contributed by atoms with van der Waals surface area (Å²) in [5, 5.41) is 0.640. The molecule has 2 aromatic heterocycles. The van der Waals surface area contributed by atoms with Gasteiger partial charge in [-0.2, -0.15) is 0 Å². The van der Waals surface area contributed by atoms with Crippen LogP contribution in [0.2, 0.25) is 5.02 Å². The highest BCUT2D eigenvalue weighted by Gasteiger charge is 2.44. The van der Waals surface area contributed by atoms with Crippen LogP contribution >= 0.6 is 11.6 Å². The highest BCUT2D eigenvalue weighted by atomic mass is 35.5. The quantitative estimate of drug-likeness (QED) is 0.620. The van der Waals surface area contributed by atoms with Crippen molar-refractivity contribution in [2.24, 2.45) is 0 Å². The van der Waals surface area contributed by atoms with Gasteiger partial charge in [-0.3, -0.25) is 14.0 Å². The van der Waals surface area contributed by atoms with Gasteiger partial charge in [0.15, 0.2) is 0 Å². The Labute approximate surface area is 167 Å². The molecule has 0 bridgehead atoms. The van der Waals surface area contributed by atoms with E-state index in [9.17, 15) is 9.59 Å². The van der Waals surface area contributed by atoms with Crippen molar-refractivity contribution in [3.63, 3.8) is 0 Å². The fraction of sp³-hybridized carbons (Fsp3) is 0.318. The number of aromatic nitrogens is 2. The Kier molecular flexibility index (Phi) is 4.94. The van der Waals surface area contributed by atoms with Crippen molar-refractivity contribution < 1.29 is 9.53 Å². The SMILES string of the molecule is Cc1cccn2c(=O)cc(COC(=O)C3(c4ccc(Cl)cc4)CCCC3)nc12. The second-order valence-corrected chi connectivity index (χ2v) is 7.78. The van der Waals surface area contributed by atoms with Crippen LogP contribution in [0, 0.1) is 6.92 Å². The molecule has 0 radical (unpaired) electrons. The first-order valence-electron chi connectivity index (χ1n) is 9.41. The van der Waals surface area contributed by atoms with E-state index in [1.165, 1.54) is 10.5 Å². The molecule has 28 heavy (non-hydrogen) atoms. The molecule has 0 saturated heterocycles. The van der Waals surface area contributed by atoms with E-state index in [0.717, 1.165) is 36.8 Å². The third kappa shape index (κ3) is 3.31. The van der Waals surface area contributed by atoms with Gasteiger partial charge in [-0.25, -0.2) is 4.98 Å². The summed E-state index contributed by atoms with van der Waals surface area (Å²) in [5.74, 6) is -0.265. The third-order valence-corrected chi connectivity index (χ3v) is 5.79. The van der Waals surface area contributed by atoms with Gasteiger partial charge in [0, 0.05) is 17.3 Å². The number of hydrogen-bond acceptors (Lipinski definition) is 4. The van der Waals surface area contributed by atoms with Gasteiger partial charge < -0.3 is 4.74 Å². The molecule has 144 valence electrons. The molecule has 0 N–H and O–H groups in total. The van der Waals surface area contributed by atoms with Crippen molar-refractivity contribution in [1.29, 1.82) is 0 Å². The number of hydrogen-bond donors (Lipinski definition) is 0. The standard InChI is InChI=1S/C22H21ClN2O3/c1-15-5-4-12-25-19(26)13-18(24-20(15)25)14-28-21(27)22(10-2-3-11-22)16-6-8-17(23)9-7-16/h4-9,12-13H,2-3,10-11,14H2,1H3. The Morgan fingerprint density at radius 3 is 2.64 bits per heavy atom. The zero-order valence-electron chi connectivity index (χ0n) is 15.7. The molecule has 4 rings (SSSR count). The van der Waals surface area contributed by atoms with Gasteiger partial charge in [0.05, 0.1) is 11.1 Å². The van der Waals surface area contributed by atoms with Crippen molar-refractivity contribution in [3.8, 4) is 0 Å². The van der Waals surface area contributed by atoms with Gasteiger partial charge in [0.1, 0.15) is 12.3 Å². The fourth-order valence-corrected chi connectivity index (χ4v) is 4.14. The molecule has 1 fully saturated rings. The molecule has 1 aliphatic carbocycles. The summed E-state index contributed by atoms with van der Waals surface area (Å²) < 4.78 is 7.15. The lowest BCUT2D eigenvalue weighted by atomic mass is 9.79.